The first-order valence-electron chi connectivity index (χ1n) is 4.18. The summed E-state index contributed by atoms with van der Waals surface area (Å²) >= 11 is 8.76. The number of rotatable bonds is 2. The summed E-state index contributed by atoms with van der Waals surface area (Å²) < 4.78 is 5.31. The molecule has 1 N–H and O–H groups in total. The number of nitrogens with one attached hydrogen (secondary N) is 1. The van der Waals surface area contributed by atoms with Crippen LogP contribution in [-0.4, -0.2) is 15.9 Å². The molecule has 2 rings (SSSR count). The Morgan fingerprint density at radius 3 is 2.94 bits per heavy atom. The molecule has 0 atom stereocenters. The van der Waals surface area contributed by atoms with E-state index in [0.29, 0.717) is 16.1 Å². The maximum atomic E-state index is 11.7. The molecule has 0 bridgehead atoms. The van der Waals surface area contributed by atoms with E-state index in [2.05, 4.69) is 31.2 Å². The number of aromatic nitrogens is 2. The minimum absolute atomic E-state index is 0.261. The topological polar surface area (TPSA) is 68.0 Å². The fourth-order valence-electron chi connectivity index (χ4n) is 1.04. The van der Waals surface area contributed by atoms with E-state index in [1.165, 1.54) is 18.7 Å². The number of furan rings is 1. The zero-order valence-corrected chi connectivity index (χ0v) is 10.1. The first-order chi connectivity index (χ1) is 7.66. The molecule has 0 spiro atoms. The first kappa shape index (κ1) is 11.1. The number of carbonyl (C=O) groups is 1. The molecule has 0 aromatic carbocycles. The van der Waals surface area contributed by atoms with E-state index in [9.17, 15) is 4.79 Å². The molecular weight excluding hydrogens is 297 g/mol. The van der Waals surface area contributed by atoms with Crippen molar-refractivity contribution < 1.29 is 9.21 Å². The number of carbonyl (C=O) groups excluding carboxylic acids is 1. The van der Waals surface area contributed by atoms with Crippen molar-refractivity contribution in [2.45, 2.75) is 0 Å². The summed E-state index contributed by atoms with van der Waals surface area (Å²) in [7, 11) is 0. The predicted molar refractivity (Wildman–Crippen MR) is 61.4 cm³/mol. The molecule has 0 saturated carbocycles. The molecule has 0 radical (unpaired) electrons. The van der Waals surface area contributed by atoms with Crippen LogP contribution < -0.4 is 5.32 Å². The summed E-state index contributed by atoms with van der Waals surface area (Å²) in [6.07, 6.45) is 2.67. The van der Waals surface area contributed by atoms with E-state index in [1.807, 2.05) is 0 Å². The van der Waals surface area contributed by atoms with Gasteiger partial charge >= 0.3 is 0 Å². The van der Waals surface area contributed by atoms with Crippen molar-refractivity contribution >= 4 is 39.3 Å². The monoisotopic (exact) mass is 301 g/mol. The molecule has 5 nitrogen and oxygen atoms in total. The normalized spacial score (nSPS) is 10.1. The zero-order valence-electron chi connectivity index (χ0n) is 7.78. The number of hydrogen-bond donors (Lipinski definition) is 1. The second-order valence-corrected chi connectivity index (χ2v) is 3.90. The smallest absolute Gasteiger partial charge is 0.261 e. The van der Waals surface area contributed by atoms with Gasteiger partial charge in [-0.1, -0.05) is 11.6 Å². The van der Waals surface area contributed by atoms with Crippen LogP contribution in [0.1, 0.15) is 10.4 Å². The van der Waals surface area contributed by atoms with Gasteiger partial charge in [-0.3, -0.25) is 4.79 Å². The van der Waals surface area contributed by atoms with Crippen LogP contribution >= 0.6 is 27.5 Å². The molecule has 0 unspecified atom stereocenters. The minimum Gasteiger partial charge on any atom is -0.457 e. The van der Waals surface area contributed by atoms with Gasteiger partial charge in [0.05, 0.1) is 11.8 Å². The number of halogens is 2. The van der Waals surface area contributed by atoms with Gasteiger partial charge in [0.1, 0.15) is 17.3 Å². The summed E-state index contributed by atoms with van der Waals surface area (Å²) in [6.45, 7) is 0. The Balaban J connectivity index is 2.17. The van der Waals surface area contributed by atoms with Crippen molar-refractivity contribution in [2.24, 2.45) is 0 Å². The molecule has 0 fully saturated rings. The Hall–Kier alpha value is -1.40. The molecule has 0 aliphatic rings. The van der Waals surface area contributed by atoms with Crippen LogP contribution in [0.25, 0.3) is 0 Å². The molecule has 0 saturated heterocycles. The van der Waals surface area contributed by atoms with Crippen LogP contribution in [0.3, 0.4) is 0 Å². The second kappa shape index (κ2) is 4.63. The highest BCUT2D eigenvalue weighted by atomic mass is 79.9. The molecule has 7 heteroatoms. The Kier molecular flexibility index (Phi) is 3.21. The lowest BCUT2D eigenvalue weighted by atomic mass is 10.3. The van der Waals surface area contributed by atoms with Gasteiger partial charge in [0.2, 0.25) is 0 Å². The summed E-state index contributed by atoms with van der Waals surface area (Å²) in [6, 6.07) is 3.00. The van der Waals surface area contributed by atoms with Crippen LogP contribution in [0.15, 0.2) is 33.8 Å². The highest BCUT2D eigenvalue weighted by Crippen LogP contribution is 2.19. The van der Waals surface area contributed by atoms with Crippen molar-refractivity contribution in [3.63, 3.8) is 0 Å². The van der Waals surface area contributed by atoms with Gasteiger partial charge < -0.3 is 9.73 Å². The van der Waals surface area contributed by atoms with Gasteiger partial charge in [-0.25, -0.2) is 9.97 Å². The lowest BCUT2D eigenvalue weighted by molar-refractivity contribution is 0.102. The highest BCUT2D eigenvalue weighted by molar-refractivity contribution is 9.10. The highest BCUT2D eigenvalue weighted by Gasteiger charge is 2.13. The van der Waals surface area contributed by atoms with Crippen LogP contribution in [0.4, 0.5) is 5.82 Å². The number of nitrogens with zero attached hydrogens (tertiary/aromatic N) is 2. The van der Waals surface area contributed by atoms with Gasteiger partial charge in [0.25, 0.3) is 5.91 Å². The molecular formula is C9H5BrClN3O2. The largest absolute Gasteiger partial charge is 0.457 e. The quantitative estimate of drug-likeness (QED) is 0.866. The van der Waals surface area contributed by atoms with E-state index in [0.717, 1.165) is 0 Å². The van der Waals surface area contributed by atoms with Crippen molar-refractivity contribution in [2.75, 3.05) is 5.32 Å². The number of hydrogen-bond acceptors (Lipinski definition) is 4. The average molecular weight is 303 g/mol. The van der Waals surface area contributed by atoms with Crippen LogP contribution in [-0.2, 0) is 0 Å². The molecule has 0 aliphatic carbocycles. The van der Waals surface area contributed by atoms with Crippen LogP contribution in [0, 0.1) is 0 Å². The summed E-state index contributed by atoms with van der Waals surface area (Å²) in [5.74, 6) is -0.00603. The molecule has 2 aromatic rings. The third kappa shape index (κ3) is 2.40. The van der Waals surface area contributed by atoms with Gasteiger partial charge in [-0.2, -0.15) is 0 Å². The van der Waals surface area contributed by atoms with Crippen molar-refractivity contribution in [1.29, 1.82) is 0 Å². The SMILES string of the molecule is O=C(Nc1cc(Cl)ncn1)c1ccoc1Br. The Labute approximate surface area is 104 Å². The molecule has 2 aromatic heterocycles. The predicted octanol–water partition coefficient (Wildman–Crippen LogP) is 2.74. The van der Waals surface area contributed by atoms with E-state index in [1.54, 1.807) is 6.07 Å². The van der Waals surface area contributed by atoms with Crippen molar-refractivity contribution in [3.05, 3.63) is 40.1 Å². The Morgan fingerprint density at radius 2 is 2.31 bits per heavy atom. The Morgan fingerprint density at radius 1 is 1.50 bits per heavy atom. The van der Waals surface area contributed by atoms with Gasteiger partial charge in [-0.05, 0) is 22.0 Å². The van der Waals surface area contributed by atoms with E-state index >= 15 is 0 Å². The third-order valence-electron chi connectivity index (χ3n) is 1.74. The van der Waals surface area contributed by atoms with E-state index < -0.39 is 0 Å². The maximum Gasteiger partial charge on any atom is 0.261 e. The van der Waals surface area contributed by atoms with Crippen LogP contribution in [0.5, 0.6) is 0 Å². The van der Waals surface area contributed by atoms with E-state index in [-0.39, 0.29) is 11.1 Å². The first-order valence-corrected chi connectivity index (χ1v) is 5.36. The fraction of sp³-hybridized carbons (Fsp3) is 0. The average Bonchev–Trinajstić information content (AvgIpc) is 2.64. The van der Waals surface area contributed by atoms with Crippen molar-refractivity contribution in [3.8, 4) is 0 Å². The second-order valence-electron chi connectivity index (χ2n) is 2.79. The van der Waals surface area contributed by atoms with Gasteiger partial charge in [0.15, 0.2) is 4.67 Å². The molecule has 1 amide bonds. The lowest BCUT2D eigenvalue weighted by Crippen LogP contribution is -2.12. The zero-order chi connectivity index (χ0) is 11.5. The molecule has 16 heavy (non-hydrogen) atoms. The Bertz CT molecular complexity index is 529. The van der Waals surface area contributed by atoms with Crippen molar-refractivity contribution in [1.82, 2.24) is 9.97 Å². The van der Waals surface area contributed by atoms with Gasteiger partial charge in [0, 0.05) is 6.07 Å². The summed E-state index contributed by atoms with van der Waals surface area (Å²) in [5.41, 5.74) is 0.384. The number of amides is 1. The minimum atomic E-state index is -0.338. The summed E-state index contributed by atoms with van der Waals surface area (Å²) in [4.78, 5) is 19.3. The molecule has 2 heterocycles. The molecule has 82 valence electrons. The van der Waals surface area contributed by atoms with Crippen LogP contribution in [0.2, 0.25) is 5.15 Å². The molecule has 0 aliphatic heterocycles. The fourth-order valence-corrected chi connectivity index (χ4v) is 1.61. The summed E-state index contributed by atoms with van der Waals surface area (Å²) in [5, 5.41) is 2.82. The standard InChI is InChI=1S/C9H5BrClN3O2/c10-8-5(1-2-16-8)9(15)14-7-3-6(11)12-4-13-7/h1-4H,(H,12,13,14,15). The number of anilines is 1. The van der Waals surface area contributed by atoms with Gasteiger partial charge in [-0.15, -0.1) is 0 Å². The van der Waals surface area contributed by atoms with E-state index in [4.69, 9.17) is 16.0 Å². The lowest BCUT2D eigenvalue weighted by Gasteiger charge is -2.02. The maximum absolute atomic E-state index is 11.7. The third-order valence-corrected chi connectivity index (χ3v) is 2.56.